The van der Waals surface area contributed by atoms with Crippen molar-refractivity contribution in [1.82, 2.24) is 9.13 Å². The number of hydrogen-bond donors (Lipinski definition) is 1. The van der Waals surface area contributed by atoms with Gasteiger partial charge in [0.1, 0.15) is 18.0 Å². The molecule has 0 aliphatic rings. The standard InChI is InChI=1S/C22H25N3O5/c1-5-14(2)25-21(27)16-8-6-7-9-18(16)24(22(25)28)13-20(26)23-17-11-10-15(29-3)12-19(17)30-4/h6-12,14H,5,13H2,1-4H3,(H,23,26)/t14-/m0/s1. The van der Waals surface area contributed by atoms with Crippen molar-refractivity contribution >= 4 is 22.5 Å². The summed E-state index contributed by atoms with van der Waals surface area (Å²) < 4.78 is 13.0. The largest absolute Gasteiger partial charge is 0.497 e. The molecule has 0 spiro atoms. The van der Waals surface area contributed by atoms with Crippen molar-refractivity contribution in [3.63, 3.8) is 0 Å². The molecule has 158 valence electrons. The Kier molecular flexibility index (Phi) is 6.25. The van der Waals surface area contributed by atoms with Gasteiger partial charge in [-0.3, -0.25) is 18.7 Å². The lowest BCUT2D eigenvalue weighted by atomic mass is 10.2. The number of carbonyl (C=O) groups excluding carboxylic acids is 1. The van der Waals surface area contributed by atoms with Crippen LogP contribution in [0, 0.1) is 0 Å². The van der Waals surface area contributed by atoms with Crippen LogP contribution in [0.2, 0.25) is 0 Å². The van der Waals surface area contributed by atoms with Gasteiger partial charge in [-0.25, -0.2) is 4.79 Å². The number of amides is 1. The first-order chi connectivity index (χ1) is 14.4. The highest BCUT2D eigenvalue weighted by molar-refractivity contribution is 5.93. The Balaban J connectivity index is 2.03. The number of fused-ring (bicyclic) bond motifs is 1. The number of anilines is 1. The second kappa shape index (κ2) is 8.86. The van der Waals surface area contributed by atoms with Crippen LogP contribution in [0.25, 0.3) is 10.9 Å². The SMILES string of the molecule is CC[C@H](C)n1c(=O)c2ccccc2n(CC(=O)Nc2ccc(OC)cc2OC)c1=O. The van der Waals surface area contributed by atoms with E-state index in [0.717, 1.165) is 0 Å². The summed E-state index contributed by atoms with van der Waals surface area (Å²) in [6, 6.07) is 11.5. The van der Waals surface area contributed by atoms with Crippen LogP contribution in [-0.2, 0) is 11.3 Å². The lowest BCUT2D eigenvalue weighted by molar-refractivity contribution is -0.116. The van der Waals surface area contributed by atoms with Gasteiger partial charge in [0.05, 0.1) is 30.8 Å². The first-order valence-electron chi connectivity index (χ1n) is 9.67. The van der Waals surface area contributed by atoms with Crippen molar-refractivity contribution in [2.75, 3.05) is 19.5 Å². The van der Waals surface area contributed by atoms with Crippen LogP contribution in [0.5, 0.6) is 11.5 Å². The predicted octanol–water partition coefficient (Wildman–Crippen LogP) is 2.79. The van der Waals surface area contributed by atoms with Crippen LogP contribution in [0.1, 0.15) is 26.3 Å². The van der Waals surface area contributed by atoms with Crippen molar-refractivity contribution in [1.29, 1.82) is 0 Å². The molecule has 1 aromatic heterocycles. The molecular weight excluding hydrogens is 386 g/mol. The number of para-hydroxylation sites is 1. The molecule has 0 unspecified atom stereocenters. The second-order valence-electron chi connectivity index (χ2n) is 6.93. The van der Waals surface area contributed by atoms with E-state index >= 15 is 0 Å². The molecule has 1 atom stereocenters. The zero-order chi connectivity index (χ0) is 21.8. The van der Waals surface area contributed by atoms with E-state index in [1.54, 1.807) is 42.5 Å². The minimum atomic E-state index is -0.509. The van der Waals surface area contributed by atoms with Crippen LogP contribution in [0.4, 0.5) is 5.69 Å². The van der Waals surface area contributed by atoms with Gasteiger partial charge in [-0.15, -0.1) is 0 Å². The number of methoxy groups -OCH3 is 2. The van der Waals surface area contributed by atoms with Gasteiger partial charge in [-0.05, 0) is 37.6 Å². The summed E-state index contributed by atoms with van der Waals surface area (Å²) in [6.07, 6.45) is 0.614. The van der Waals surface area contributed by atoms with Crippen molar-refractivity contribution in [2.24, 2.45) is 0 Å². The third-order valence-electron chi connectivity index (χ3n) is 5.10. The zero-order valence-corrected chi connectivity index (χ0v) is 17.5. The van der Waals surface area contributed by atoms with Gasteiger partial charge >= 0.3 is 5.69 Å². The van der Waals surface area contributed by atoms with E-state index in [1.165, 1.54) is 23.4 Å². The van der Waals surface area contributed by atoms with Crippen LogP contribution in [0.15, 0.2) is 52.1 Å². The Labute approximate surface area is 173 Å². The minimum absolute atomic E-state index is 0.245. The minimum Gasteiger partial charge on any atom is -0.497 e. The monoisotopic (exact) mass is 411 g/mol. The number of carbonyl (C=O) groups is 1. The maximum absolute atomic E-state index is 13.1. The molecule has 0 aliphatic carbocycles. The van der Waals surface area contributed by atoms with Gasteiger partial charge in [0.25, 0.3) is 5.56 Å². The highest BCUT2D eigenvalue weighted by atomic mass is 16.5. The van der Waals surface area contributed by atoms with E-state index in [1.807, 2.05) is 13.8 Å². The molecule has 8 heteroatoms. The summed E-state index contributed by atoms with van der Waals surface area (Å²) in [5.41, 5.74) is 0.0168. The van der Waals surface area contributed by atoms with E-state index in [2.05, 4.69) is 5.32 Å². The topological polar surface area (TPSA) is 91.6 Å². The average Bonchev–Trinajstić information content (AvgIpc) is 2.76. The normalized spacial score (nSPS) is 11.9. The predicted molar refractivity (Wildman–Crippen MR) is 116 cm³/mol. The molecule has 3 rings (SSSR count). The molecule has 0 saturated heterocycles. The molecule has 8 nitrogen and oxygen atoms in total. The Morgan fingerprint density at radius 2 is 1.83 bits per heavy atom. The Morgan fingerprint density at radius 1 is 1.10 bits per heavy atom. The summed E-state index contributed by atoms with van der Waals surface area (Å²) in [5.74, 6) is 0.609. The van der Waals surface area contributed by atoms with Crippen LogP contribution >= 0.6 is 0 Å². The molecule has 30 heavy (non-hydrogen) atoms. The van der Waals surface area contributed by atoms with Gasteiger partial charge in [0, 0.05) is 12.1 Å². The van der Waals surface area contributed by atoms with Crippen molar-refractivity contribution in [2.45, 2.75) is 32.9 Å². The average molecular weight is 411 g/mol. The summed E-state index contributed by atoms with van der Waals surface area (Å²) in [6.45, 7) is 3.47. The third-order valence-corrected chi connectivity index (χ3v) is 5.10. The Hall–Kier alpha value is -3.55. The first-order valence-corrected chi connectivity index (χ1v) is 9.67. The lowest BCUT2D eigenvalue weighted by Gasteiger charge is -2.18. The quantitative estimate of drug-likeness (QED) is 0.646. The van der Waals surface area contributed by atoms with E-state index in [0.29, 0.717) is 34.5 Å². The fourth-order valence-corrected chi connectivity index (χ4v) is 3.30. The molecule has 1 amide bonds. The van der Waals surface area contributed by atoms with Crippen molar-refractivity contribution < 1.29 is 14.3 Å². The van der Waals surface area contributed by atoms with E-state index < -0.39 is 11.6 Å². The second-order valence-corrected chi connectivity index (χ2v) is 6.93. The molecule has 0 fully saturated rings. The maximum Gasteiger partial charge on any atom is 0.332 e. The molecule has 0 saturated carbocycles. The fourth-order valence-electron chi connectivity index (χ4n) is 3.30. The Morgan fingerprint density at radius 3 is 2.50 bits per heavy atom. The number of nitrogens with zero attached hydrogens (tertiary/aromatic N) is 2. The highest BCUT2D eigenvalue weighted by Crippen LogP contribution is 2.29. The van der Waals surface area contributed by atoms with E-state index in [4.69, 9.17) is 9.47 Å². The number of benzene rings is 2. The van der Waals surface area contributed by atoms with Crippen LogP contribution < -0.4 is 26.0 Å². The molecule has 0 aliphatic heterocycles. The number of aromatic nitrogens is 2. The van der Waals surface area contributed by atoms with Crippen molar-refractivity contribution in [3.8, 4) is 11.5 Å². The number of ether oxygens (including phenoxy) is 2. The maximum atomic E-state index is 13.1. The summed E-state index contributed by atoms with van der Waals surface area (Å²) in [5, 5.41) is 3.16. The van der Waals surface area contributed by atoms with Crippen molar-refractivity contribution in [3.05, 3.63) is 63.3 Å². The summed E-state index contributed by atoms with van der Waals surface area (Å²) in [7, 11) is 3.03. The molecule has 1 N–H and O–H groups in total. The Bertz CT molecular complexity index is 1200. The van der Waals surface area contributed by atoms with Gasteiger partial charge in [-0.1, -0.05) is 19.1 Å². The zero-order valence-electron chi connectivity index (χ0n) is 17.5. The summed E-state index contributed by atoms with van der Waals surface area (Å²) >= 11 is 0. The van der Waals surface area contributed by atoms with Gasteiger partial charge in [0.2, 0.25) is 5.91 Å². The third kappa shape index (κ3) is 3.94. The molecule has 0 radical (unpaired) electrons. The smallest absolute Gasteiger partial charge is 0.332 e. The number of rotatable bonds is 7. The van der Waals surface area contributed by atoms with Gasteiger partial charge in [-0.2, -0.15) is 0 Å². The number of hydrogen-bond acceptors (Lipinski definition) is 5. The number of nitrogens with one attached hydrogen (secondary N) is 1. The highest BCUT2D eigenvalue weighted by Gasteiger charge is 2.18. The molecular formula is C22H25N3O5. The van der Waals surface area contributed by atoms with E-state index in [-0.39, 0.29) is 18.1 Å². The molecule has 3 aromatic rings. The van der Waals surface area contributed by atoms with Crippen LogP contribution in [-0.4, -0.2) is 29.3 Å². The van der Waals surface area contributed by atoms with Crippen LogP contribution in [0.3, 0.4) is 0 Å². The lowest BCUT2D eigenvalue weighted by Crippen LogP contribution is -2.43. The molecule has 1 heterocycles. The van der Waals surface area contributed by atoms with E-state index in [9.17, 15) is 14.4 Å². The first kappa shape index (κ1) is 21.2. The van der Waals surface area contributed by atoms with Gasteiger partial charge in [0.15, 0.2) is 0 Å². The molecule has 2 aromatic carbocycles. The molecule has 0 bridgehead atoms. The summed E-state index contributed by atoms with van der Waals surface area (Å²) in [4.78, 5) is 38.7. The fraction of sp³-hybridized carbons (Fsp3) is 0.318. The van der Waals surface area contributed by atoms with Gasteiger partial charge < -0.3 is 14.8 Å².